The topological polar surface area (TPSA) is 84.0 Å². The number of rotatable bonds is 5. The van der Waals surface area contributed by atoms with E-state index >= 15 is 0 Å². The van der Waals surface area contributed by atoms with Crippen molar-refractivity contribution in [2.24, 2.45) is 10.9 Å². The summed E-state index contributed by atoms with van der Waals surface area (Å²) in [5.74, 6) is 0.703. The average molecular weight is 264 g/mol. The molecule has 1 aromatic rings. The van der Waals surface area contributed by atoms with Gasteiger partial charge in [-0.15, -0.1) is 0 Å². The lowest BCUT2D eigenvalue weighted by Crippen LogP contribution is -2.26. The Morgan fingerprint density at radius 2 is 2.47 bits per heavy atom. The Morgan fingerprint density at radius 3 is 3.05 bits per heavy atom. The molecule has 1 atom stereocenters. The number of hydrogen-bond donors (Lipinski definition) is 2. The average Bonchev–Trinajstić information content (AvgIpc) is 2.84. The summed E-state index contributed by atoms with van der Waals surface area (Å²) in [5.41, 5.74) is 5.87. The van der Waals surface area contributed by atoms with E-state index in [2.05, 4.69) is 22.1 Å². The van der Waals surface area contributed by atoms with Gasteiger partial charge in [-0.05, 0) is 45.0 Å². The number of hydrogen-bond acceptors (Lipinski definition) is 5. The Labute approximate surface area is 112 Å². The van der Waals surface area contributed by atoms with Gasteiger partial charge in [-0.2, -0.15) is 0 Å². The maximum Gasteiger partial charge on any atom is 0.188 e. The van der Waals surface area contributed by atoms with Gasteiger partial charge in [0.2, 0.25) is 0 Å². The number of oxime groups is 1. The first-order valence-corrected chi connectivity index (χ1v) is 6.47. The number of likely N-dealkylation sites (tertiary alicyclic amines) is 1. The van der Waals surface area contributed by atoms with Gasteiger partial charge in [0.1, 0.15) is 11.4 Å². The van der Waals surface area contributed by atoms with Crippen molar-refractivity contribution in [3.05, 3.63) is 24.0 Å². The Balaban J connectivity index is 1.80. The number of aromatic nitrogens is 1. The van der Waals surface area contributed by atoms with Crippen molar-refractivity contribution in [2.75, 3.05) is 20.2 Å². The molecule has 0 amide bonds. The second kappa shape index (κ2) is 6.38. The second-order valence-electron chi connectivity index (χ2n) is 4.78. The van der Waals surface area contributed by atoms with Crippen LogP contribution in [0.3, 0.4) is 0 Å². The quantitative estimate of drug-likeness (QED) is 0.359. The van der Waals surface area contributed by atoms with Crippen LogP contribution in [0.1, 0.15) is 25.0 Å². The molecule has 1 aromatic heterocycles. The van der Waals surface area contributed by atoms with Gasteiger partial charge in [0.15, 0.2) is 5.84 Å². The summed E-state index contributed by atoms with van der Waals surface area (Å²) in [5, 5.41) is 11.4. The zero-order chi connectivity index (χ0) is 13.7. The highest BCUT2D eigenvalue weighted by Gasteiger charge is 2.20. The van der Waals surface area contributed by atoms with E-state index in [0.29, 0.717) is 24.1 Å². The lowest BCUT2D eigenvalue weighted by atomic mass is 10.1. The third-order valence-corrected chi connectivity index (χ3v) is 3.50. The van der Waals surface area contributed by atoms with Gasteiger partial charge in [0.05, 0.1) is 12.8 Å². The van der Waals surface area contributed by atoms with Crippen LogP contribution in [-0.2, 0) is 0 Å². The van der Waals surface area contributed by atoms with Gasteiger partial charge in [-0.25, -0.2) is 4.98 Å². The summed E-state index contributed by atoms with van der Waals surface area (Å²) in [7, 11) is 2.16. The Kier molecular flexibility index (Phi) is 4.57. The van der Waals surface area contributed by atoms with Crippen LogP contribution in [-0.4, -0.2) is 47.2 Å². The van der Waals surface area contributed by atoms with E-state index in [-0.39, 0.29) is 5.84 Å². The fourth-order valence-electron chi connectivity index (χ4n) is 2.33. The van der Waals surface area contributed by atoms with Crippen LogP contribution in [0.5, 0.6) is 5.75 Å². The number of amidine groups is 1. The van der Waals surface area contributed by atoms with E-state index in [1.165, 1.54) is 19.4 Å². The van der Waals surface area contributed by atoms with Crippen LogP contribution < -0.4 is 10.5 Å². The van der Waals surface area contributed by atoms with Crippen molar-refractivity contribution in [3.8, 4) is 5.75 Å². The molecule has 0 aliphatic carbocycles. The highest BCUT2D eigenvalue weighted by atomic mass is 16.5. The molecular weight excluding hydrogens is 244 g/mol. The lowest BCUT2D eigenvalue weighted by molar-refractivity contribution is 0.233. The van der Waals surface area contributed by atoms with Gasteiger partial charge in [0, 0.05) is 6.04 Å². The minimum Gasteiger partial charge on any atom is -0.492 e. The predicted octanol–water partition coefficient (Wildman–Crippen LogP) is 1.04. The van der Waals surface area contributed by atoms with Crippen LogP contribution in [0.25, 0.3) is 0 Å². The zero-order valence-corrected chi connectivity index (χ0v) is 11.1. The molecule has 1 aliphatic rings. The fourth-order valence-corrected chi connectivity index (χ4v) is 2.33. The standard InChI is InChI=1S/C13H20N4O2/c1-17-7-2-3-10(17)6-8-19-11-4-5-12(15-9-11)13(14)16-18/h4-5,9-10,18H,2-3,6-8H2,1H3,(H2,14,16). The highest BCUT2D eigenvalue weighted by molar-refractivity contribution is 5.95. The summed E-state index contributed by atoms with van der Waals surface area (Å²) in [6.07, 6.45) is 5.14. The normalized spacial score (nSPS) is 20.7. The molecule has 1 unspecified atom stereocenters. The second-order valence-corrected chi connectivity index (χ2v) is 4.78. The van der Waals surface area contributed by atoms with Crippen LogP contribution >= 0.6 is 0 Å². The van der Waals surface area contributed by atoms with Gasteiger partial charge in [0.25, 0.3) is 0 Å². The van der Waals surface area contributed by atoms with Crippen molar-refractivity contribution in [3.63, 3.8) is 0 Å². The van der Waals surface area contributed by atoms with E-state index in [4.69, 9.17) is 15.7 Å². The molecule has 0 bridgehead atoms. The molecule has 2 heterocycles. The van der Waals surface area contributed by atoms with Crippen LogP contribution in [0, 0.1) is 0 Å². The molecule has 0 spiro atoms. The minimum absolute atomic E-state index is 0.000805. The number of ether oxygens (including phenoxy) is 1. The summed E-state index contributed by atoms with van der Waals surface area (Å²) < 4.78 is 5.65. The molecule has 104 valence electrons. The summed E-state index contributed by atoms with van der Waals surface area (Å²) >= 11 is 0. The van der Waals surface area contributed by atoms with E-state index < -0.39 is 0 Å². The largest absolute Gasteiger partial charge is 0.492 e. The molecule has 1 aliphatic heterocycles. The van der Waals surface area contributed by atoms with Crippen molar-refractivity contribution in [1.82, 2.24) is 9.88 Å². The van der Waals surface area contributed by atoms with Crippen molar-refractivity contribution in [1.29, 1.82) is 0 Å². The minimum atomic E-state index is -0.000805. The Hall–Kier alpha value is -1.82. The van der Waals surface area contributed by atoms with Crippen LogP contribution in [0.15, 0.2) is 23.5 Å². The summed E-state index contributed by atoms with van der Waals surface area (Å²) in [4.78, 5) is 6.44. The van der Waals surface area contributed by atoms with Crippen LogP contribution in [0.2, 0.25) is 0 Å². The first-order valence-electron chi connectivity index (χ1n) is 6.47. The van der Waals surface area contributed by atoms with Crippen LogP contribution in [0.4, 0.5) is 0 Å². The predicted molar refractivity (Wildman–Crippen MR) is 72.5 cm³/mol. The van der Waals surface area contributed by atoms with E-state index in [1.807, 2.05) is 0 Å². The fraction of sp³-hybridized carbons (Fsp3) is 0.538. The van der Waals surface area contributed by atoms with Gasteiger partial charge in [-0.1, -0.05) is 5.16 Å². The number of pyridine rings is 1. The number of nitrogens with two attached hydrogens (primary N) is 1. The molecule has 0 saturated carbocycles. The SMILES string of the molecule is CN1CCCC1CCOc1ccc(/C(N)=N/O)nc1. The first kappa shape index (κ1) is 13.6. The Bertz CT molecular complexity index is 433. The monoisotopic (exact) mass is 264 g/mol. The lowest BCUT2D eigenvalue weighted by Gasteiger charge is -2.19. The molecular formula is C13H20N4O2. The van der Waals surface area contributed by atoms with Gasteiger partial charge >= 0.3 is 0 Å². The molecule has 0 aromatic carbocycles. The van der Waals surface area contributed by atoms with Crippen molar-refractivity contribution >= 4 is 5.84 Å². The maximum absolute atomic E-state index is 8.53. The first-order chi connectivity index (χ1) is 9.20. The van der Waals surface area contributed by atoms with Gasteiger partial charge in [-0.3, -0.25) is 0 Å². The maximum atomic E-state index is 8.53. The molecule has 0 radical (unpaired) electrons. The molecule has 1 saturated heterocycles. The van der Waals surface area contributed by atoms with E-state index in [9.17, 15) is 0 Å². The molecule has 2 rings (SSSR count). The molecule has 1 fully saturated rings. The summed E-state index contributed by atoms with van der Waals surface area (Å²) in [6.45, 7) is 1.86. The summed E-state index contributed by atoms with van der Waals surface area (Å²) in [6, 6.07) is 4.08. The molecule has 6 nitrogen and oxygen atoms in total. The van der Waals surface area contributed by atoms with Crippen molar-refractivity contribution in [2.45, 2.75) is 25.3 Å². The third kappa shape index (κ3) is 3.57. The molecule has 6 heteroatoms. The van der Waals surface area contributed by atoms with E-state index in [1.54, 1.807) is 18.3 Å². The molecule has 19 heavy (non-hydrogen) atoms. The molecule has 3 N–H and O–H groups in total. The number of nitrogens with zero attached hydrogens (tertiary/aromatic N) is 3. The zero-order valence-electron chi connectivity index (χ0n) is 11.1. The smallest absolute Gasteiger partial charge is 0.188 e. The van der Waals surface area contributed by atoms with E-state index in [0.717, 1.165) is 6.42 Å². The van der Waals surface area contributed by atoms with Gasteiger partial charge < -0.3 is 20.6 Å². The highest BCUT2D eigenvalue weighted by Crippen LogP contribution is 2.18. The third-order valence-electron chi connectivity index (χ3n) is 3.50. The van der Waals surface area contributed by atoms with Crippen molar-refractivity contribution < 1.29 is 9.94 Å². The Morgan fingerprint density at radius 1 is 1.63 bits per heavy atom.